The van der Waals surface area contributed by atoms with Crippen molar-refractivity contribution in [2.45, 2.75) is 6.54 Å². The van der Waals surface area contributed by atoms with Crippen molar-refractivity contribution >= 4 is 63.5 Å². The summed E-state index contributed by atoms with van der Waals surface area (Å²) >= 11 is 13.6. The molecule has 0 N–H and O–H groups in total. The number of hydrogen-bond donors (Lipinski definition) is 0. The largest absolute Gasteiger partial charge is 0.293 e. The van der Waals surface area contributed by atoms with Crippen LogP contribution in [-0.2, 0) is 11.3 Å². The van der Waals surface area contributed by atoms with Crippen LogP contribution >= 0.6 is 46.3 Å². The van der Waals surface area contributed by atoms with Gasteiger partial charge in [0, 0.05) is 0 Å². The summed E-state index contributed by atoms with van der Waals surface area (Å²) < 4.78 is 13.2. The zero-order valence-corrected chi connectivity index (χ0v) is 14.4. The molecule has 1 aromatic heterocycles. The number of nitrogens with zero attached hydrogens (tertiary/aromatic N) is 2. The fourth-order valence-corrected chi connectivity index (χ4v) is 4.11. The molecular weight excluding hydrogens is 382 g/mol. The number of carbonyl (C=O) groups excluding carboxylic acids is 2. The quantitative estimate of drug-likeness (QED) is 0.706. The molecule has 23 heavy (non-hydrogen) atoms. The van der Waals surface area contributed by atoms with Crippen LogP contribution in [0.5, 0.6) is 0 Å². The van der Waals surface area contributed by atoms with Gasteiger partial charge in [-0.1, -0.05) is 35.3 Å². The van der Waals surface area contributed by atoms with Crippen molar-refractivity contribution in [2.24, 2.45) is 0 Å². The predicted octanol–water partition coefficient (Wildman–Crippen LogP) is 4.83. The number of halogens is 3. The van der Waals surface area contributed by atoms with Gasteiger partial charge in [0.15, 0.2) is 4.47 Å². The number of rotatable bonds is 3. The van der Waals surface area contributed by atoms with Gasteiger partial charge < -0.3 is 0 Å². The Morgan fingerprint density at radius 1 is 1.22 bits per heavy atom. The molecule has 2 amide bonds. The maximum absolute atomic E-state index is 12.9. The van der Waals surface area contributed by atoms with E-state index in [9.17, 15) is 14.0 Å². The minimum absolute atomic E-state index is 0.0828. The molecule has 0 atom stereocenters. The lowest BCUT2D eigenvalue weighted by Crippen LogP contribution is -2.27. The Morgan fingerprint density at radius 2 is 1.91 bits per heavy atom. The summed E-state index contributed by atoms with van der Waals surface area (Å²) in [5.74, 6) is -0.801. The molecule has 1 aliphatic heterocycles. The zero-order valence-electron chi connectivity index (χ0n) is 11.3. The van der Waals surface area contributed by atoms with E-state index in [0.29, 0.717) is 10.4 Å². The summed E-state index contributed by atoms with van der Waals surface area (Å²) in [4.78, 5) is 30.1. The Morgan fingerprint density at radius 3 is 2.52 bits per heavy atom. The average Bonchev–Trinajstić information content (AvgIpc) is 2.95. The molecule has 0 radical (unpaired) electrons. The highest BCUT2D eigenvalue weighted by Gasteiger charge is 2.35. The number of aromatic nitrogens is 1. The van der Waals surface area contributed by atoms with E-state index in [1.165, 1.54) is 30.3 Å². The number of carbonyl (C=O) groups is 2. The van der Waals surface area contributed by atoms with Crippen LogP contribution in [0.3, 0.4) is 0 Å². The van der Waals surface area contributed by atoms with Crippen LogP contribution in [0, 0.1) is 5.82 Å². The minimum Gasteiger partial charge on any atom is -0.268 e. The van der Waals surface area contributed by atoms with Crippen molar-refractivity contribution < 1.29 is 14.0 Å². The minimum atomic E-state index is -0.426. The third-order valence-electron chi connectivity index (χ3n) is 2.97. The van der Waals surface area contributed by atoms with Crippen molar-refractivity contribution in [1.82, 2.24) is 9.88 Å². The number of amides is 2. The first-order chi connectivity index (χ1) is 10.9. The SMILES string of the molecule is O=C1S/C(=C\c2sc(Cl)nc2Cl)C(=O)N1Cc1ccc(F)cc1. The third kappa shape index (κ3) is 3.58. The van der Waals surface area contributed by atoms with Gasteiger partial charge in [-0.05, 0) is 35.5 Å². The van der Waals surface area contributed by atoms with E-state index in [4.69, 9.17) is 23.2 Å². The molecule has 0 bridgehead atoms. The van der Waals surface area contributed by atoms with Gasteiger partial charge in [0.2, 0.25) is 0 Å². The molecule has 1 fully saturated rings. The van der Waals surface area contributed by atoms with Crippen LogP contribution < -0.4 is 0 Å². The van der Waals surface area contributed by atoms with Crippen molar-refractivity contribution in [3.05, 3.63) is 55.0 Å². The summed E-state index contributed by atoms with van der Waals surface area (Å²) in [6.45, 7) is 0.0828. The molecule has 118 valence electrons. The third-order valence-corrected chi connectivity index (χ3v) is 5.39. The van der Waals surface area contributed by atoms with Crippen molar-refractivity contribution in [1.29, 1.82) is 0 Å². The molecule has 2 heterocycles. The first kappa shape index (κ1) is 16.4. The molecule has 3 rings (SSSR count). The molecule has 1 aliphatic rings. The van der Waals surface area contributed by atoms with Gasteiger partial charge in [-0.25, -0.2) is 9.37 Å². The molecule has 1 saturated heterocycles. The Bertz CT molecular complexity index is 821. The van der Waals surface area contributed by atoms with E-state index in [-0.39, 0.29) is 26.9 Å². The van der Waals surface area contributed by atoms with Gasteiger partial charge in [-0.15, -0.1) is 11.3 Å². The maximum atomic E-state index is 12.9. The lowest BCUT2D eigenvalue weighted by molar-refractivity contribution is -0.123. The number of hydrogen-bond acceptors (Lipinski definition) is 5. The van der Waals surface area contributed by atoms with Crippen LogP contribution in [0.4, 0.5) is 9.18 Å². The fourth-order valence-electron chi connectivity index (χ4n) is 1.90. The van der Waals surface area contributed by atoms with Crippen LogP contribution in [0.15, 0.2) is 29.2 Å². The fraction of sp³-hybridized carbons (Fsp3) is 0.0714. The molecule has 0 aliphatic carbocycles. The number of benzene rings is 1. The predicted molar refractivity (Wildman–Crippen MR) is 90.0 cm³/mol. The Balaban J connectivity index is 1.82. The van der Waals surface area contributed by atoms with Crippen molar-refractivity contribution in [2.75, 3.05) is 0 Å². The standard InChI is InChI=1S/C14H7Cl2FN2O2S2/c15-11-9(22-13(16)18-11)5-10-12(20)19(14(21)23-10)6-7-1-3-8(17)4-2-7/h1-5H,6H2/b10-5-. The lowest BCUT2D eigenvalue weighted by atomic mass is 10.2. The lowest BCUT2D eigenvalue weighted by Gasteiger charge is -2.12. The average molecular weight is 389 g/mol. The Kier molecular flexibility index (Phi) is 4.72. The molecule has 0 saturated carbocycles. The summed E-state index contributed by atoms with van der Waals surface area (Å²) in [7, 11) is 0. The van der Waals surface area contributed by atoms with E-state index in [0.717, 1.165) is 28.0 Å². The summed E-state index contributed by atoms with van der Waals surface area (Å²) in [5, 5.41) is -0.206. The molecule has 1 aromatic carbocycles. The second-order valence-electron chi connectivity index (χ2n) is 4.52. The number of thiazole rings is 1. The highest BCUT2D eigenvalue weighted by atomic mass is 35.5. The van der Waals surface area contributed by atoms with Gasteiger partial charge >= 0.3 is 0 Å². The second-order valence-corrected chi connectivity index (χ2v) is 7.48. The topological polar surface area (TPSA) is 50.3 Å². The van der Waals surface area contributed by atoms with Crippen molar-refractivity contribution in [3.63, 3.8) is 0 Å². The van der Waals surface area contributed by atoms with Crippen molar-refractivity contribution in [3.8, 4) is 0 Å². The first-order valence-electron chi connectivity index (χ1n) is 6.25. The van der Waals surface area contributed by atoms with Gasteiger partial charge in [0.1, 0.15) is 11.0 Å². The van der Waals surface area contributed by atoms with E-state index >= 15 is 0 Å². The zero-order chi connectivity index (χ0) is 16.6. The molecule has 4 nitrogen and oxygen atoms in total. The highest BCUT2D eigenvalue weighted by molar-refractivity contribution is 8.18. The maximum Gasteiger partial charge on any atom is 0.293 e. The Labute approximate surface area is 148 Å². The normalized spacial score (nSPS) is 16.7. The van der Waals surface area contributed by atoms with Crippen LogP contribution in [0.2, 0.25) is 9.62 Å². The van der Waals surface area contributed by atoms with Crippen LogP contribution in [0.25, 0.3) is 6.08 Å². The summed E-state index contributed by atoms with van der Waals surface area (Å²) in [6, 6.07) is 5.62. The van der Waals surface area contributed by atoms with E-state index < -0.39 is 11.1 Å². The smallest absolute Gasteiger partial charge is 0.268 e. The van der Waals surface area contributed by atoms with Crippen LogP contribution in [-0.4, -0.2) is 21.0 Å². The molecule has 0 spiro atoms. The molecule has 2 aromatic rings. The van der Waals surface area contributed by atoms with Gasteiger partial charge in [-0.2, -0.15) is 0 Å². The van der Waals surface area contributed by atoms with Gasteiger partial charge in [0.05, 0.1) is 16.3 Å². The van der Waals surface area contributed by atoms with Gasteiger partial charge in [-0.3, -0.25) is 14.5 Å². The first-order valence-corrected chi connectivity index (χ1v) is 8.64. The van der Waals surface area contributed by atoms with E-state index in [1.54, 1.807) is 0 Å². The van der Waals surface area contributed by atoms with E-state index in [2.05, 4.69) is 4.98 Å². The monoisotopic (exact) mass is 388 g/mol. The molecule has 9 heteroatoms. The summed E-state index contributed by atoms with van der Waals surface area (Å²) in [5.41, 5.74) is 0.661. The second kappa shape index (κ2) is 6.60. The van der Waals surface area contributed by atoms with Gasteiger partial charge in [0.25, 0.3) is 11.1 Å². The molecule has 0 unspecified atom stereocenters. The summed E-state index contributed by atoms with van der Waals surface area (Å²) in [6.07, 6.45) is 1.50. The Hall–Kier alpha value is -1.41. The molecular formula is C14H7Cl2FN2O2S2. The number of imide groups is 1. The number of thioether (sulfide) groups is 1. The highest BCUT2D eigenvalue weighted by Crippen LogP contribution is 2.36. The van der Waals surface area contributed by atoms with Crippen LogP contribution in [0.1, 0.15) is 10.4 Å². The van der Waals surface area contributed by atoms with E-state index in [1.807, 2.05) is 0 Å².